The normalized spacial score (nSPS) is 11.3. The van der Waals surface area contributed by atoms with E-state index < -0.39 is 9.84 Å². The fourth-order valence-corrected chi connectivity index (χ4v) is 4.28. The van der Waals surface area contributed by atoms with Crippen molar-refractivity contribution in [1.82, 2.24) is 0 Å². The first-order valence-electron chi connectivity index (χ1n) is 8.94. The van der Waals surface area contributed by atoms with Gasteiger partial charge in [0.2, 0.25) is 0 Å². The smallest absolute Gasteiger partial charge is 0.182 e. The number of sulfone groups is 1. The highest BCUT2D eigenvalue weighted by atomic mass is 32.2. The number of aryl methyl sites for hydroxylation is 1. The number of benzene rings is 3. The van der Waals surface area contributed by atoms with Gasteiger partial charge in [0.05, 0.1) is 10.6 Å². The lowest BCUT2D eigenvalue weighted by atomic mass is 10.0. The SMILES string of the molecule is O=C(CCc1ccccc1)Cc1ccc(S(=O)(=O)Cc2ccccc2)cc1. The summed E-state index contributed by atoms with van der Waals surface area (Å²) in [6.07, 6.45) is 1.53. The number of carbonyl (C=O) groups is 1. The van der Waals surface area contributed by atoms with Gasteiger partial charge < -0.3 is 0 Å². The fourth-order valence-electron chi connectivity index (χ4n) is 2.94. The Bertz CT molecular complexity index is 977. The molecular weight excluding hydrogens is 356 g/mol. The molecule has 0 spiro atoms. The predicted molar refractivity (Wildman–Crippen MR) is 107 cm³/mol. The lowest BCUT2D eigenvalue weighted by Crippen LogP contribution is -2.07. The number of carbonyl (C=O) groups excluding carboxylic acids is 1. The van der Waals surface area contributed by atoms with Crippen LogP contribution < -0.4 is 0 Å². The van der Waals surface area contributed by atoms with Crippen LogP contribution in [-0.2, 0) is 33.2 Å². The molecule has 0 aliphatic carbocycles. The van der Waals surface area contributed by atoms with Gasteiger partial charge in [0.25, 0.3) is 0 Å². The third kappa shape index (κ3) is 5.63. The van der Waals surface area contributed by atoms with Crippen LogP contribution in [0, 0.1) is 0 Å². The van der Waals surface area contributed by atoms with Crippen molar-refractivity contribution in [3.63, 3.8) is 0 Å². The second kappa shape index (κ2) is 8.78. The Hall–Kier alpha value is -2.72. The molecule has 0 heterocycles. The molecule has 0 aliphatic heterocycles. The highest BCUT2D eigenvalue weighted by molar-refractivity contribution is 7.90. The maximum Gasteiger partial charge on any atom is 0.182 e. The second-order valence-corrected chi connectivity index (χ2v) is 8.58. The summed E-state index contributed by atoms with van der Waals surface area (Å²) < 4.78 is 25.1. The Morgan fingerprint density at radius 3 is 1.81 bits per heavy atom. The summed E-state index contributed by atoms with van der Waals surface area (Å²) in [5.41, 5.74) is 2.75. The average molecular weight is 378 g/mol. The van der Waals surface area contributed by atoms with Gasteiger partial charge >= 0.3 is 0 Å². The van der Waals surface area contributed by atoms with Gasteiger partial charge in [-0.15, -0.1) is 0 Å². The molecular formula is C23H22O3S. The van der Waals surface area contributed by atoms with Gasteiger partial charge in [0.1, 0.15) is 5.78 Å². The molecule has 0 saturated carbocycles. The number of rotatable bonds is 8. The summed E-state index contributed by atoms with van der Waals surface area (Å²) >= 11 is 0. The first kappa shape index (κ1) is 19.1. The van der Waals surface area contributed by atoms with Gasteiger partial charge in [-0.05, 0) is 35.2 Å². The molecule has 0 aromatic heterocycles. The minimum atomic E-state index is -3.39. The number of hydrogen-bond donors (Lipinski definition) is 0. The van der Waals surface area contributed by atoms with E-state index in [4.69, 9.17) is 0 Å². The summed E-state index contributed by atoms with van der Waals surface area (Å²) in [5.74, 6) is 0.127. The third-order valence-corrected chi connectivity index (χ3v) is 6.12. The van der Waals surface area contributed by atoms with Gasteiger partial charge in [-0.2, -0.15) is 0 Å². The largest absolute Gasteiger partial charge is 0.299 e. The van der Waals surface area contributed by atoms with Crippen LogP contribution in [0.4, 0.5) is 0 Å². The molecule has 3 rings (SSSR count). The van der Waals surface area contributed by atoms with Crippen molar-refractivity contribution in [2.24, 2.45) is 0 Å². The molecule has 0 bridgehead atoms. The summed E-state index contributed by atoms with van der Waals surface area (Å²) in [5, 5.41) is 0. The maximum atomic E-state index is 12.5. The molecule has 0 aliphatic rings. The highest BCUT2D eigenvalue weighted by Crippen LogP contribution is 2.18. The van der Waals surface area contributed by atoms with Crippen molar-refractivity contribution >= 4 is 15.6 Å². The fraction of sp³-hybridized carbons (Fsp3) is 0.174. The molecule has 4 heteroatoms. The van der Waals surface area contributed by atoms with E-state index >= 15 is 0 Å². The highest BCUT2D eigenvalue weighted by Gasteiger charge is 2.15. The van der Waals surface area contributed by atoms with E-state index in [1.54, 1.807) is 36.4 Å². The molecule has 0 atom stereocenters. The monoisotopic (exact) mass is 378 g/mol. The van der Waals surface area contributed by atoms with Gasteiger partial charge in [-0.1, -0.05) is 72.8 Å². The van der Waals surface area contributed by atoms with Crippen LogP contribution in [0.15, 0.2) is 89.8 Å². The summed E-state index contributed by atoms with van der Waals surface area (Å²) in [6, 6.07) is 25.7. The van der Waals surface area contributed by atoms with Crippen LogP contribution in [0.5, 0.6) is 0 Å². The quantitative estimate of drug-likeness (QED) is 0.584. The zero-order valence-electron chi connectivity index (χ0n) is 15.0. The van der Waals surface area contributed by atoms with E-state index in [2.05, 4.69) is 0 Å². The maximum absolute atomic E-state index is 12.5. The van der Waals surface area contributed by atoms with E-state index in [0.29, 0.717) is 12.8 Å². The molecule has 3 nitrogen and oxygen atoms in total. The van der Waals surface area contributed by atoms with E-state index in [1.807, 2.05) is 48.5 Å². The van der Waals surface area contributed by atoms with Crippen LogP contribution in [-0.4, -0.2) is 14.2 Å². The zero-order valence-corrected chi connectivity index (χ0v) is 15.9. The summed E-state index contributed by atoms with van der Waals surface area (Å²) in [7, 11) is -3.39. The summed E-state index contributed by atoms with van der Waals surface area (Å²) in [6.45, 7) is 0. The van der Waals surface area contributed by atoms with Gasteiger partial charge in [-0.25, -0.2) is 8.42 Å². The van der Waals surface area contributed by atoms with E-state index in [9.17, 15) is 13.2 Å². The first-order chi connectivity index (χ1) is 13.0. The predicted octanol–water partition coefficient (Wildman–Crippen LogP) is 4.40. The van der Waals surface area contributed by atoms with Gasteiger partial charge in [-0.3, -0.25) is 4.79 Å². The first-order valence-corrected chi connectivity index (χ1v) is 10.6. The van der Waals surface area contributed by atoms with E-state index in [1.165, 1.54) is 0 Å². The van der Waals surface area contributed by atoms with Crippen LogP contribution in [0.3, 0.4) is 0 Å². The topological polar surface area (TPSA) is 51.2 Å². The number of hydrogen-bond acceptors (Lipinski definition) is 3. The molecule has 3 aromatic rings. The number of Topliss-reactive ketones (excluding diaryl/α,β-unsaturated/α-hetero) is 1. The lowest BCUT2D eigenvalue weighted by Gasteiger charge is -2.07. The van der Waals surface area contributed by atoms with Crippen LogP contribution in [0.25, 0.3) is 0 Å². The van der Waals surface area contributed by atoms with Crippen LogP contribution in [0.2, 0.25) is 0 Å². The Kier molecular flexibility index (Phi) is 6.20. The Balaban J connectivity index is 1.59. The standard InChI is InChI=1S/C23H22O3S/c24-22(14-11-19-7-3-1-4-8-19)17-20-12-15-23(16-13-20)27(25,26)18-21-9-5-2-6-10-21/h1-10,12-13,15-16H,11,14,17-18H2. The molecule has 0 N–H and O–H groups in total. The molecule has 3 aromatic carbocycles. The Labute approximate surface area is 160 Å². The minimum absolute atomic E-state index is 0.0246. The second-order valence-electron chi connectivity index (χ2n) is 6.59. The van der Waals surface area contributed by atoms with Crippen molar-refractivity contribution < 1.29 is 13.2 Å². The lowest BCUT2D eigenvalue weighted by molar-refractivity contribution is -0.118. The summed E-state index contributed by atoms with van der Waals surface area (Å²) in [4.78, 5) is 12.5. The molecule has 0 unspecified atom stereocenters. The van der Waals surface area contributed by atoms with Crippen molar-refractivity contribution in [3.05, 3.63) is 102 Å². The minimum Gasteiger partial charge on any atom is -0.299 e. The molecule has 0 radical (unpaired) electrons. The third-order valence-electron chi connectivity index (χ3n) is 4.42. The molecule has 138 valence electrons. The van der Waals surface area contributed by atoms with Gasteiger partial charge in [0, 0.05) is 12.8 Å². The van der Waals surface area contributed by atoms with Crippen molar-refractivity contribution in [2.45, 2.75) is 29.9 Å². The van der Waals surface area contributed by atoms with Crippen LogP contribution in [0.1, 0.15) is 23.1 Å². The molecule has 0 saturated heterocycles. The van der Waals surface area contributed by atoms with Crippen LogP contribution >= 0.6 is 0 Å². The van der Waals surface area contributed by atoms with Gasteiger partial charge in [0.15, 0.2) is 9.84 Å². The van der Waals surface area contributed by atoms with Crippen molar-refractivity contribution in [2.75, 3.05) is 0 Å². The van der Waals surface area contributed by atoms with E-state index in [0.717, 1.165) is 23.1 Å². The zero-order chi connectivity index (χ0) is 19.1. The average Bonchev–Trinajstić information content (AvgIpc) is 2.68. The molecule has 0 amide bonds. The van der Waals surface area contributed by atoms with Crippen molar-refractivity contribution in [3.8, 4) is 0 Å². The molecule has 27 heavy (non-hydrogen) atoms. The van der Waals surface area contributed by atoms with Crippen molar-refractivity contribution in [1.29, 1.82) is 0 Å². The Morgan fingerprint density at radius 1 is 0.667 bits per heavy atom. The number of ketones is 1. The Morgan fingerprint density at radius 2 is 1.22 bits per heavy atom. The molecule has 0 fully saturated rings. The van der Waals surface area contributed by atoms with E-state index in [-0.39, 0.29) is 16.4 Å².